The number of β-amino-alcohol motifs (C(OH)–C–C–N with tert-alkyl or cyclic N) is 1. The Balaban J connectivity index is 1.63. The van der Waals surface area contributed by atoms with Gasteiger partial charge in [-0.25, -0.2) is 4.98 Å². The van der Waals surface area contributed by atoms with Crippen molar-refractivity contribution in [3.8, 4) is 0 Å². The van der Waals surface area contributed by atoms with Crippen LogP contribution in [-0.4, -0.2) is 60.6 Å². The van der Waals surface area contributed by atoms with E-state index in [1.807, 2.05) is 0 Å². The third-order valence-electron chi connectivity index (χ3n) is 5.14. The van der Waals surface area contributed by atoms with Crippen molar-refractivity contribution in [1.29, 1.82) is 0 Å². The standard InChI is InChI=1S/C17H26N4O2/c22-14-10-21(11-14)17-18-15(13-5-8-23-12-13)9-16(19-17)20-6-3-1-2-4-7-20/h9,13-14,22H,1-8,10-12H2/t13-/m1/s1. The fraction of sp³-hybridized carbons (Fsp3) is 0.765. The SMILES string of the molecule is OC1CN(c2nc([C@@H]3CCOC3)cc(N3CCCCCC3)n2)C1. The predicted octanol–water partition coefficient (Wildman–Crippen LogP) is 1.54. The monoisotopic (exact) mass is 318 g/mol. The number of rotatable bonds is 3. The average Bonchev–Trinajstić information content (AvgIpc) is 2.94. The van der Waals surface area contributed by atoms with Gasteiger partial charge in [0.05, 0.1) is 18.4 Å². The van der Waals surface area contributed by atoms with Gasteiger partial charge in [0.15, 0.2) is 0 Å². The first kappa shape index (κ1) is 15.1. The normalized spacial score (nSPS) is 26.2. The van der Waals surface area contributed by atoms with E-state index in [1.54, 1.807) is 0 Å². The zero-order chi connectivity index (χ0) is 15.6. The third kappa shape index (κ3) is 3.28. The van der Waals surface area contributed by atoms with Gasteiger partial charge in [0, 0.05) is 44.8 Å². The van der Waals surface area contributed by atoms with Crippen LogP contribution in [0.25, 0.3) is 0 Å². The number of aliphatic hydroxyl groups excluding tert-OH is 1. The Kier molecular flexibility index (Phi) is 4.35. The van der Waals surface area contributed by atoms with Gasteiger partial charge in [-0.3, -0.25) is 0 Å². The van der Waals surface area contributed by atoms with E-state index in [0.29, 0.717) is 19.0 Å². The molecule has 4 rings (SSSR count). The molecular formula is C17H26N4O2. The van der Waals surface area contributed by atoms with Crippen molar-refractivity contribution in [2.75, 3.05) is 49.2 Å². The van der Waals surface area contributed by atoms with E-state index in [9.17, 15) is 5.11 Å². The van der Waals surface area contributed by atoms with Crippen LogP contribution in [0.2, 0.25) is 0 Å². The van der Waals surface area contributed by atoms with Gasteiger partial charge in [-0.2, -0.15) is 4.98 Å². The Morgan fingerprint density at radius 2 is 1.83 bits per heavy atom. The Bertz CT molecular complexity index is 533. The lowest BCUT2D eigenvalue weighted by Crippen LogP contribution is -2.51. The molecule has 3 fully saturated rings. The second kappa shape index (κ2) is 6.61. The quantitative estimate of drug-likeness (QED) is 0.912. The Morgan fingerprint density at radius 3 is 2.48 bits per heavy atom. The van der Waals surface area contributed by atoms with Gasteiger partial charge >= 0.3 is 0 Å². The maximum absolute atomic E-state index is 9.59. The minimum Gasteiger partial charge on any atom is -0.389 e. The number of anilines is 2. The molecule has 1 aromatic rings. The highest BCUT2D eigenvalue weighted by Crippen LogP contribution is 2.30. The molecule has 0 aliphatic carbocycles. The molecule has 4 heterocycles. The van der Waals surface area contributed by atoms with Crippen molar-refractivity contribution in [2.45, 2.75) is 44.1 Å². The van der Waals surface area contributed by atoms with Crippen molar-refractivity contribution in [2.24, 2.45) is 0 Å². The first-order valence-electron chi connectivity index (χ1n) is 8.94. The molecule has 0 amide bonds. The van der Waals surface area contributed by atoms with Crippen LogP contribution in [-0.2, 0) is 4.74 Å². The molecule has 3 aliphatic heterocycles. The highest BCUT2D eigenvalue weighted by Gasteiger charge is 2.29. The van der Waals surface area contributed by atoms with Gasteiger partial charge in [-0.1, -0.05) is 12.8 Å². The number of ether oxygens (including phenoxy) is 1. The smallest absolute Gasteiger partial charge is 0.227 e. The van der Waals surface area contributed by atoms with Crippen molar-refractivity contribution >= 4 is 11.8 Å². The number of aliphatic hydroxyl groups is 1. The molecule has 0 spiro atoms. The maximum atomic E-state index is 9.59. The molecule has 0 radical (unpaired) electrons. The van der Waals surface area contributed by atoms with E-state index < -0.39 is 0 Å². The highest BCUT2D eigenvalue weighted by molar-refractivity contribution is 5.48. The zero-order valence-corrected chi connectivity index (χ0v) is 13.7. The molecule has 6 heteroatoms. The molecule has 23 heavy (non-hydrogen) atoms. The lowest BCUT2D eigenvalue weighted by atomic mass is 10.0. The Labute approximate surface area is 137 Å². The maximum Gasteiger partial charge on any atom is 0.227 e. The summed E-state index contributed by atoms with van der Waals surface area (Å²) in [6.45, 7) is 5.04. The average molecular weight is 318 g/mol. The van der Waals surface area contributed by atoms with E-state index in [4.69, 9.17) is 14.7 Å². The van der Waals surface area contributed by atoms with Crippen LogP contribution in [0.5, 0.6) is 0 Å². The van der Waals surface area contributed by atoms with Gasteiger partial charge in [0.2, 0.25) is 5.95 Å². The van der Waals surface area contributed by atoms with Crippen LogP contribution in [0.1, 0.15) is 43.7 Å². The Morgan fingerprint density at radius 1 is 1.04 bits per heavy atom. The fourth-order valence-corrected chi connectivity index (χ4v) is 3.64. The molecule has 3 saturated heterocycles. The first-order valence-corrected chi connectivity index (χ1v) is 8.94. The third-order valence-corrected chi connectivity index (χ3v) is 5.14. The van der Waals surface area contributed by atoms with Crippen LogP contribution in [0.15, 0.2) is 6.07 Å². The predicted molar refractivity (Wildman–Crippen MR) is 89.1 cm³/mol. The summed E-state index contributed by atoms with van der Waals surface area (Å²) in [4.78, 5) is 14.1. The summed E-state index contributed by atoms with van der Waals surface area (Å²) >= 11 is 0. The summed E-state index contributed by atoms with van der Waals surface area (Å²) < 4.78 is 5.55. The fourth-order valence-electron chi connectivity index (χ4n) is 3.64. The number of hydrogen-bond donors (Lipinski definition) is 1. The van der Waals surface area contributed by atoms with E-state index in [-0.39, 0.29) is 6.10 Å². The summed E-state index contributed by atoms with van der Waals surface area (Å²) in [5.41, 5.74) is 1.10. The molecular weight excluding hydrogens is 292 g/mol. The largest absolute Gasteiger partial charge is 0.389 e. The molecule has 1 N–H and O–H groups in total. The lowest BCUT2D eigenvalue weighted by Gasteiger charge is -2.36. The van der Waals surface area contributed by atoms with Gasteiger partial charge in [-0.05, 0) is 19.3 Å². The van der Waals surface area contributed by atoms with Crippen LogP contribution >= 0.6 is 0 Å². The molecule has 0 saturated carbocycles. The molecule has 1 atom stereocenters. The molecule has 0 unspecified atom stereocenters. The molecule has 3 aliphatic rings. The van der Waals surface area contributed by atoms with Crippen molar-refractivity contribution < 1.29 is 9.84 Å². The van der Waals surface area contributed by atoms with Gasteiger partial charge in [-0.15, -0.1) is 0 Å². The molecule has 1 aromatic heterocycles. The summed E-state index contributed by atoms with van der Waals surface area (Å²) in [5.74, 6) is 2.22. The number of aromatic nitrogens is 2. The number of nitrogens with zero attached hydrogens (tertiary/aromatic N) is 4. The van der Waals surface area contributed by atoms with E-state index in [2.05, 4.69) is 15.9 Å². The second-order valence-electron chi connectivity index (χ2n) is 6.97. The van der Waals surface area contributed by atoms with Crippen LogP contribution in [0, 0.1) is 0 Å². The van der Waals surface area contributed by atoms with E-state index >= 15 is 0 Å². The van der Waals surface area contributed by atoms with Gasteiger partial charge in [0.25, 0.3) is 0 Å². The summed E-state index contributed by atoms with van der Waals surface area (Å²) in [6, 6.07) is 2.17. The van der Waals surface area contributed by atoms with Crippen molar-refractivity contribution in [3.63, 3.8) is 0 Å². The van der Waals surface area contributed by atoms with Gasteiger partial charge in [0.1, 0.15) is 5.82 Å². The minimum absolute atomic E-state index is 0.237. The Hall–Kier alpha value is -1.40. The van der Waals surface area contributed by atoms with Crippen molar-refractivity contribution in [3.05, 3.63) is 11.8 Å². The first-order chi connectivity index (χ1) is 11.3. The second-order valence-corrected chi connectivity index (χ2v) is 6.97. The van der Waals surface area contributed by atoms with E-state index in [0.717, 1.165) is 50.2 Å². The van der Waals surface area contributed by atoms with Crippen LogP contribution in [0.4, 0.5) is 11.8 Å². The topological polar surface area (TPSA) is 61.7 Å². The van der Waals surface area contributed by atoms with Gasteiger partial charge < -0.3 is 19.6 Å². The highest BCUT2D eigenvalue weighted by atomic mass is 16.5. The molecule has 126 valence electrons. The minimum atomic E-state index is -0.237. The zero-order valence-electron chi connectivity index (χ0n) is 13.7. The van der Waals surface area contributed by atoms with Crippen LogP contribution < -0.4 is 9.80 Å². The summed E-state index contributed by atoms with van der Waals surface area (Å²) in [7, 11) is 0. The summed E-state index contributed by atoms with van der Waals surface area (Å²) in [5, 5.41) is 9.59. The molecule has 0 bridgehead atoms. The molecule has 6 nitrogen and oxygen atoms in total. The van der Waals surface area contributed by atoms with Crippen LogP contribution in [0.3, 0.4) is 0 Å². The summed E-state index contributed by atoms with van der Waals surface area (Å²) in [6.07, 6.45) is 5.91. The lowest BCUT2D eigenvalue weighted by molar-refractivity contribution is 0.140. The van der Waals surface area contributed by atoms with Crippen molar-refractivity contribution in [1.82, 2.24) is 9.97 Å². The number of hydrogen-bond acceptors (Lipinski definition) is 6. The van der Waals surface area contributed by atoms with E-state index in [1.165, 1.54) is 25.7 Å². The molecule has 0 aromatic carbocycles.